The van der Waals surface area contributed by atoms with Crippen molar-refractivity contribution in [1.82, 2.24) is 4.98 Å². The molecule has 80 valence electrons. The molecule has 0 amide bonds. The number of nitrogens with zero attached hydrogens (tertiary/aromatic N) is 1. The van der Waals surface area contributed by atoms with Gasteiger partial charge in [-0.05, 0) is 26.0 Å². The van der Waals surface area contributed by atoms with E-state index in [-0.39, 0.29) is 23.8 Å². The number of ketones is 1. The summed E-state index contributed by atoms with van der Waals surface area (Å²) < 4.78 is 5.00. The van der Waals surface area contributed by atoms with Gasteiger partial charge < -0.3 is 9.84 Å². The number of hydrogen-bond acceptors (Lipinski definition) is 4. The van der Waals surface area contributed by atoms with Crippen molar-refractivity contribution in [2.24, 2.45) is 0 Å². The van der Waals surface area contributed by atoms with E-state index in [4.69, 9.17) is 9.84 Å². The van der Waals surface area contributed by atoms with Gasteiger partial charge in [-0.2, -0.15) is 0 Å². The Morgan fingerprint density at radius 3 is 2.67 bits per heavy atom. The maximum absolute atomic E-state index is 10.8. The van der Waals surface area contributed by atoms with Gasteiger partial charge in [-0.25, -0.2) is 9.78 Å². The van der Waals surface area contributed by atoms with Gasteiger partial charge in [0.1, 0.15) is 12.2 Å². The molecule has 0 saturated heterocycles. The van der Waals surface area contributed by atoms with Gasteiger partial charge in [0.05, 0.1) is 0 Å². The van der Waals surface area contributed by atoms with E-state index in [0.717, 1.165) is 0 Å². The molecule has 0 radical (unpaired) electrons. The minimum Gasteiger partial charge on any atom is -0.477 e. The molecule has 0 unspecified atom stereocenters. The summed E-state index contributed by atoms with van der Waals surface area (Å²) >= 11 is 0. The van der Waals surface area contributed by atoms with Gasteiger partial charge in [-0.3, -0.25) is 4.79 Å². The van der Waals surface area contributed by atoms with Crippen molar-refractivity contribution in [3.8, 4) is 5.88 Å². The highest BCUT2D eigenvalue weighted by Crippen LogP contribution is 2.15. The highest BCUT2D eigenvalue weighted by atomic mass is 16.5. The lowest BCUT2D eigenvalue weighted by Crippen LogP contribution is -2.11. The number of hydrogen-bond donors (Lipinski definition) is 1. The molecule has 0 spiro atoms. The van der Waals surface area contributed by atoms with Gasteiger partial charge in [0.25, 0.3) is 0 Å². The van der Waals surface area contributed by atoms with Crippen LogP contribution in [0, 0.1) is 6.92 Å². The number of aromatic carboxylic acids is 1. The Kier molecular flexibility index (Phi) is 3.38. The van der Waals surface area contributed by atoms with Gasteiger partial charge in [-0.1, -0.05) is 0 Å². The molecule has 15 heavy (non-hydrogen) atoms. The first-order valence-corrected chi connectivity index (χ1v) is 4.34. The number of carboxylic acid groups (broad SMARTS) is 1. The Morgan fingerprint density at radius 1 is 1.47 bits per heavy atom. The van der Waals surface area contributed by atoms with E-state index in [0.29, 0.717) is 5.69 Å². The topological polar surface area (TPSA) is 76.5 Å². The number of carboxylic acids is 1. The van der Waals surface area contributed by atoms with Crippen molar-refractivity contribution >= 4 is 11.8 Å². The molecule has 0 atom stereocenters. The maximum atomic E-state index is 10.8. The Hall–Kier alpha value is -1.91. The molecule has 0 aliphatic rings. The van der Waals surface area contributed by atoms with Crippen molar-refractivity contribution < 1.29 is 19.4 Å². The average molecular weight is 209 g/mol. The van der Waals surface area contributed by atoms with Crippen LogP contribution >= 0.6 is 0 Å². The summed E-state index contributed by atoms with van der Waals surface area (Å²) in [4.78, 5) is 25.4. The molecule has 1 aromatic heterocycles. The Bertz CT molecular complexity index is 400. The molecule has 0 bridgehead atoms. The minimum atomic E-state index is -1.12. The molecule has 0 saturated carbocycles. The van der Waals surface area contributed by atoms with Crippen LogP contribution in [-0.4, -0.2) is 28.4 Å². The van der Waals surface area contributed by atoms with E-state index in [2.05, 4.69) is 4.98 Å². The van der Waals surface area contributed by atoms with Gasteiger partial charge in [0, 0.05) is 5.69 Å². The first-order chi connectivity index (χ1) is 7.00. The van der Waals surface area contributed by atoms with Crippen molar-refractivity contribution in [1.29, 1.82) is 0 Å². The maximum Gasteiger partial charge on any atom is 0.341 e. The second-order valence-electron chi connectivity index (χ2n) is 3.10. The van der Waals surface area contributed by atoms with Crippen LogP contribution in [0.5, 0.6) is 5.88 Å². The molecule has 0 fully saturated rings. The van der Waals surface area contributed by atoms with Gasteiger partial charge in [0.15, 0.2) is 5.78 Å². The summed E-state index contributed by atoms with van der Waals surface area (Å²) in [5, 5.41) is 8.82. The quantitative estimate of drug-likeness (QED) is 0.802. The SMILES string of the molecule is CC(=O)COc1nc(C)ccc1C(=O)O. The van der Waals surface area contributed by atoms with E-state index in [1.807, 2.05) is 0 Å². The number of Topliss-reactive ketones (excluding diaryl/α,β-unsaturated/α-hetero) is 1. The normalized spacial score (nSPS) is 9.73. The molecule has 0 aliphatic carbocycles. The van der Waals surface area contributed by atoms with Crippen LogP contribution in [0.4, 0.5) is 0 Å². The average Bonchev–Trinajstić information content (AvgIpc) is 2.14. The predicted octanol–water partition coefficient (Wildman–Crippen LogP) is 1.06. The van der Waals surface area contributed by atoms with Crippen molar-refractivity contribution in [2.75, 3.05) is 6.61 Å². The molecular weight excluding hydrogens is 198 g/mol. The summed E-state index contributed by atoms with van der Waals surface area (Å²) in [6.07, 6.45) is 0. The first-order valence-electron chi connectivity index (χ1n) is 4.34. The van der Waals surface area contributed by atoms with Crippen LogP contribution in [0.3, 0.4) is 0 Å². The van der Waals surface area contributed by atoms with Gasteiger partial charge >= 0.3 is 5.97 Å². The van der Waals surface area contributed by atoms with Crippen LogP contribution in [-0.2, 0) is 4.79 Å². The molecular formula is C10H11NO4. The number of rotatable bonds is 4. The fourth-order valence-corrected chi connectivity index (χ4v) is 0.976. The second kappa shape index (κ2) is 4.54. The highest BCUT2D eigenvalue weighted by molar-refractivity contribution is 5.90. The molecule has 0 aliphatic heterocycles. The van der Waals surface area contributed by atoms with Crippen molar-refractivity contribution in [2.45, 2.75) is 13.8 Å². The predicted molar refractivity (Wildman–Crippen MR) is 52.1 cm³/mol. The number of aromatic nitrogens is 1. The summed E-state index contributed by atoms with van der Waals surface area (Å²) in [5.74, 6) is -1.33. The largest absolute Gasteiger partial charge is 0.477 e. The number of carbonyl (C=O) groups is 2. The molecule has 5 nitrogen and oxygen atoms in total. The zero-order valence-electron chi connectivity index (χ0n) is 8.48. The molecule has 1 aromatic rings. The van der Waals surface area contributed by atoms with Crippen LogP contribution in [0.1, 0.15) is 23.0 Å². The number of ether oxygens (including phenoxy) is 1. The molecule has 0 aromatic carbocycles. The highest BCUT2D eigenvalue weighted by Gasteiger charge is 2.13. The van der Waals surface area contributed by atoms with Crippen LogP contribution in [0.2, 0.25) is 0 Å². The zero-order chi connectivity index (χ0) is 11.4. The summed E-state index contributed by atoms with van der Waals surface area (Å²) in [7, 11) is 0. The summed E-state index contributed by atoms with van der Waals surface area (Å²) in [6.45, 7) is 2.90. The third-order valence-corrected chi connectivity index (χ3v) is 1.64. The van der Waals surface area contributed by atoms with E-state index in [9.17, 15) is 9.59 Å². The minimum absolute atomic E-state index is 0.0160. The third-order valence-electron chi connectivity index (χ3n) is 1.64. The lowest BCUT2D eigenvalue weighted by atomic mass is 10.2. The Morgan fingerprint density at radius 2 is 2.13 bits per heavy atom. The zero-order valence-corrected chi connectivity index (χ0v) is 8.48. The molecule has 5 heteroatoms. The first kappa shape index (κ1) is 11.2. The summed E-state index contributed by atoms with van der Waals surface area (Å²) in [5.41, 5.74) is 0.598. The summed E-state index contributed by atoms with van der Waals surface area (Å²) in [6, 6.07) is 2.98. The number of aryl methyl sites for hydroxylation is 1. The van der Waals surface area contributed by atoms with Crippen molar-refractivity contribution in [3.05, 3.63) is 23.4 Å². The van der Waals surface area contributed by atoms with Crippen molar-refractivity contribution in [3.63, 3.8) is 0 Å². The Balaban J connectivity index is 2.96. The smallest absolute Gasteiger partial charge is 0.341 e. The Labute approximate surface area is 86.7 Å². The fourth-order valence-electron chi connectivity index (χ4n) is 0.976. The fraction of sp³-hybridized carbons (Fsp3) is 0.300. The lowest BCUT2D eigenvalue weighted by molar-refractivity contribution is -0.119. The van der Waals surface area contributed by atoms with Crippen LogP contribution in [0.15, 0.2) is 12.1 Å². The van der Waals surface area contributed by atoms with Crippen LogP contribution < -0.4 is 4.74 Å². The van der Waals surface area contributed by atoms with Crippen LogP contribution in [0.25, 0.3) is 0 Å². The van der Waals surface area contributed by atoms with E-state index < -0.39 is 5.97 Å². The number of carbonyl (C=O) groups excluding carboxylic acids is 1. The van der Waals surface area contributed by atoms with Gasteiger partial charge in [-0.15, -0.1) is 0 Å². The third kappa shape index (κ3) is 3.05. The molecule has 1 rings (SSSR count). The lowest BCUT2D eigenvalue weighted by Gasteiger charge is -2.06. The number of pyridine rings is 1. The monoisotopic (exact) mass is 209 g/mol. The van der Waals surface area contributed by atoms with E-state index in [1.165, 1.54) is 13.0 Å². The van der Waals surface area contributed by atoms with E-state index >= 15 is 0 Å². The second-order valence-corrected chi connectivity index (χ2v) is 3.10. The van der Waals surface area contributed by atoms with E-state index in [1.54, 1.807) is 13.0 Å². The molecule has 1 N–H and O–H groups in total. The van der Waals surface area contributed by atoms with Gasteiger partial charge in [0.2, 0.25) is 5.88 Å². The molecule has 1 heterocycles. The standard InChI is InChI=1S/C10H11NO4/c1-6-3-4-8(10(13)14)9(11-6)15-5-7(2)12/h3-4H,5H2,1-2H3,(H,13,14).